The SMILES string of the molecule is C=CCn1c(COc2cc(C)ccc2C)nnc1SCC(=O)Nc1nc(C)c(C)s1. The minimum absolute atomic E-state index is 0.130. The van der Waals surface area contributed by atoms with E-state index in [-0.39, 0.29) is 18.3 Å². The first kappa shape index (κ1) is 22.0. The molecule has 0 saturated heterocycles. The first-order chi connectivity index (χ1) is 14.4. The third-order valence-corrected chi connectivity index (χ3v) is 6.37. The van der Waals surface area contributed by atoms with Crippen LogP contribution in [0, 0.1) is 27.7 Å². The van der Waals surface area contributed by atoms with Crippen LogP contribution >= 0.6 is 23.1 Å². The molecule has 30 heavy (non-hydrogen) atoms. The average molecular weight is 444 g/mol. The van der Waals surface area contributed by atoms with Crippen molar-refractivity contribution in [3.63, 3.8) is 0 Å². The van der Waals surface area contributed by atoms with Crippen molar-refractivity contribution < 1.29 is 9.53 Å². The number of ether oxygens (including phenoxy) is 1. The van der Waals surface area contributed by atoms with E-state index in [1.165, 1.54) is 23.1 Å². The molecular formula is C21H25N5O2S2. The molecule has 3 aromatic rings. The van der Waals surface area contributed by atoms with Gasteiger partial charge in [-0.1, -0.05) is 30.0 Å². The van der Waals surface area contributed by atoms with E-state index in [2.05, 4.69) is 33.1 Å². The number of carbonyl (C=O) groups excluding carboxylic acids is 1. The number of anilines is 1. The summed E-state index contributed by atoms with van der Waals surface area (Å²) < 4.78 is 7.88. The fourth-order valence-electron chi connectivity index (χ4n) is 2.66. The molecule has 0 atom stereocenters. The van der Waals surface area contributed by atoms with E-state index in [4.69, 9.17) is 4.74 Å². The number of aryl methyl sites for hydroxylation is 4. The van der Waals surface area contributed by atoms with Crippen LogP contribution < -0.4 is 10.1 Å². The highest BCUT2D eigenvalue weighted by Crippen LogP contribution is 2.24. The normalized spacial score (nSPS) is 10.8. The molecule has 7 nitrogen and oxygen atoms in total. The molecule has 0 bridgehead atoms. The molecule has 0 fully saturated rings. The van der Waals surface area contributed by atoms with Crippen molar-refractivity contribution in [1.29, 1.82) is 0 Å². The molecule has 1 aromatic carbocycles. The lowest BCUT2D eigenvalue weighted by atomic mass is 10.1. The number of thioether (sulfide) groups is 1. The van der Waals surface area contributed by atoms with E-state index < -0.39 is 0 Å². The summed E-state index contributed by atoms with van der Waals surface area (Å²) in [5.41, 5.74) is 3.13. The molecule has 1 amide bonds. The highest BCUT2D eigenvalue weighted by atomic mass is 32.2. The zero-order valence-corrected chi connectivity index (χ0v) is 19.2. The second kappa shape index (κ2) is 9.90. The predicted molar refractivity (Wildman–Crippen MR) is 121 cm³/mol. The summed E-state index contributed by atoms with van der Waals surface area (Å²) in [6, 6.07) is 6.09. The number of nitrogens with one attached hydrogen (secondary N) is 1. The summed E-state index contributed by atoms with van der Waals surface area (Å²) >= 11 is 2.80. The Morgan fingerprint density at radius 2 is 2.10 bits per heavy atom. The van der Waals surface area contributed by atoms with Gasteiger partial charge in [-0.15, -0.1) is 28.1 Å². The Kier molecular flexibility index (Phi) is 7.28. The van der Waals surface area contributed by atoms with Gasteiger partial charge in [-0.3, -0.25) is 9.36 Å². The Bertz CT molecular complexity index is 1040. The van der Waals surface area contributed by atoms with Gasteiger partial charge >= 0.3 is 0 Å². The molecular weight excluding hydrogens is 418 g/mol. The van der Waals surface area contributed by atoms with Gasteiger partial charge in [0, 0.05) is 11.4 Å². The molecule has 3 rings (SSSR count). The van der Waals surface area contributed by atoms with Crippen molar-refractivity contribution in [3.05, 3.63) is 58.4 Å². The number of carbonyl (C=O) groups is 1. The molecule has 0 saturated carbocycles. The van der Waals surface area contributed by atoms with Crippen molar-refractivity contribution in [3.8, 4) is 5.75 Å². The molecule has 2 heterocycles. The number of aromatic nitrogens is 4. The third-order valence-electron chi connectivity index (χ3n) is 4.41. The largest absolute Gasteiger partial charge is 0.485 e. The van der Waals surface area contributed by atoms with Crippen LogP contribution in [0.5, 0.6) is 5.75 Å². The summed E-state index contributed by atoms with van der Waals surface area (Å²) in [5.74, 6) is 1.59. The maximum atomic E-state index is 12.3. The standard InChI is InChI=1S/C21H25N5O2S2/c1-6-9-26-18(11-28-17-10-13(2)7-8-14(17)3)24-25-21(26)29-12-19(27)23-20-22-15(4)16(5)30-20/h6-8,10H,1,9,11-12H2,2-5H3,(H,22,23,27). The number of rotatable bonds is 9. The van der Waals surface area contributed by atoms with Gasteiger partial charge in [-0.25, -0.2) is 4.98 Å². The van der Waals surface area contributed by atoms with Gasteiger partial charge in [0.15, 0.2) is 16.1 Å². The Balaban J connectivity index is 1.63. The molecule has 1 N–H and O–H groups in total. The fraction of sp³-hybridized carbons (Fsp3) is 0.333. The van der Waals surface area contributed by atoms with Crippen LogP contribution in [0.2, 0.25) is 0 Å². The van der Waals surface area contributed by atoms with Crippen molar-refractivity contribution in [1.82, 2.24) is 19.7 Å². The number of amides is 1. The van der Waals surface area contributed by atoms with Crippen molar-refractivity contribution in [2.45, 2.75) is 46.0 Å². The Morgan fingerprint density at radius 3 is 2.80 bits per heavy atom. The van der Waals surface area contributed by atoms with Gasteiger partial charge in [-0.05, 0) is 44.9 Å². The number of hydrogen-bond donors (Lipinski definition) is 1. The first-order valence-electron chi connectivity index (χ1n) is 9.47. The molecule has 0 spiro atoms. The van der Waals surface area contributed by atoms with Crippen LogP contribution in [0.1, 0.15) is 27.5 Å². The Hall–Kier alpha value is -2.65. The Labute approximate surface area is 184 Å². The summed E-state index contributed by atoms with van der Waals surface area (Å²) in [6.07, 6.45) is 1.77. The summed E-state index contributed by atoms with van der Waals surface area (Å²) in [7, 11) is 0. The second-order valence-corrected chi connectivity index (χ2v) is 9.00. The van der Waals surface area contributed by atoms with Crippen LogP contribution in [0.3, 0.4) is 0 Å². The van der Waals surface area contributed by atoms with E-state index in [1.54, 1.807) is 6.08 Å². The van der Waals surface area contributed by atoms with Crippen LogP contribution in [0.15, 0.2) is 36.0 Å². The van der Waals surface area contributed by atoms with Gasteiger partial charge in [-0.2, -0.15) is 0 Å². The molecule has 0 radical (unpaired) electrons. The van der Waals surface area contributed by atoms with Gasteiger partial charge < -0.3 is 10.1 Å². The van der Waals surface area contributed by atoms with Crippen molar-refractivity contribution >= 4 is 34.1 Å². The van der Waals surface area contributed by atoms with E-state index in [1.807, 2.05) is 44.4 Å². The molecule has 158 valence electrons. The lowest BCUT2D eigenvalue weighted by Crippen LogP contribution is -2.15. The summed E-state index contributed by atoms with van der Waals surface area (Å²) in [5, 5.41) is 12.6. The zero-order valence-electron chi connectivity index (χ0n) is 17.6. The van der Waals surface area contributed by atoms with E-state index >= 15 is 0 Å². The van der Waals surface area contributed by atoms with Crippen LogP contribution in [0.25, 0.3) is 0 Å². The van der Waals surface area contributed by atoms with E-state index in [0.717, 1.165) is 27.4 Å². The van der Waals surface area contributed by atoms with Gasteiger partial charge in [0.1, 0.15) is 12.4 Å². The van der Waals surface area contributed by atoms with Crippen LogP contribution in [-0.2, 0) is 17.9 Å². The quantitative estimate of drug-likeness (QED) is 0.388. The number of hydrogen-bond acceptors (Lipinski definition) is 7. The molecule has 0 aliphatic heterocycles. The van der Waals surface area contributed by atoms with Crippen molar-refractivity contribution in [2.24, 2.45) is 0 Å². The maximum absolute atomic E-state index is 12.3. The smallest absolute Gasteiger partial charge is 0.236 e. The number of benzene rings is 1. The minimum Gasteiger partial charge on any atom is -0.485 e. The van der Waals surface area contributed by atoms with Gasteiger partial charge in [0.25, 0.3) is 0 Å². The van der Waals surface area contributed by atoms with Crippen LogP contribution in [-0.4, -0.2) is 31.4 Å². The lowest BCUT2D eigenvalue weighted by Gasteiger charge is -2.11. The molecule has 9 heteroatoms. The number of allylic oxidation sites excluding steroid dienone is 1. The monoisotopic (exact) mass is 443 g/mol. The average Bonchev–Trinajstić information content (AvgIpc) is 3.23. The number of thiazole rings is 1. The Morgan fingerprint density at radius 1 is 1.30 bits per heavy atom. The summed E-state index contributed by atoms with van der Waals surface area (Å²) in [6.45, 7) is 12.6. The lowest BCUT2D eigenvalue weighted by molar-refractivity contribution is -0.113. The topological polar surface area (TPSA) is 81.9 Å². The molecule has 0 aliphatic rings. The second-order valence-electron chi connectivity index (χ2n) is 6.85. The zero-order chi connectivity index (χ0) is 21.7. The highest BCUT2D eigenvalue weighted by Gasteiger charge is 2.15. The molecule has 2 aromatic heterocycles. The molecule has 0 aliphatic carbocycles. The van der Waals surface area contributed by atoms with E-state index in [0.29, 0.717) is 22.7 Å². The van der Waals surface area contributed by atoms with Crippen molar-refractivity contribution in [2.75, 3.05) is 11.1 Å². The van der Waals surface area contributed by atoms with Gasteiger partial charge in [0.05, 0.1) is 11.4 Å². The van der Waals surface area contributed by atoms with E-state index in [9.17, 15) is 4.79 Å². The first-order valence-corrected chi connectivity index (χ1v) is 11.3. The van der Waals surface area contributed by atoms with Crippen LogP contribution in [0.4, 0.5) is 5.13 Å². The predicted octanol–water partition coefficient (Wildman–Crippen LogP) is 4.46. The fourth-order valence-corrected chi connectivity index (χ4v) is 4.26. The maximum Gasteiger partial charge on any atom is 0.236 e. The third kappa shape index (κ3) is 5.48. The number of nitrogens with zero attached hydrogens (tertiary/aromatic N) is 4. The van der Waals surface area contributed by atoms with Gasteiger partial charge in [0.2, 0.25) is 5.91 Å². The minimum atomic E-state index is -0.130. The summed E-state index contributed by atoms with van der Waals surface area (Å²) in [4.78, 5) is 17.7. The molecule has 0 unspecified atom stereocenters. The highest BCUT2D eigenvalue weighted by molar-refractivity contribution is 7.99.